The molecule has 0 aliphatic carbocycles. The molecule has 0 aromatic carbocycles. The van der Waals surface area contributed by atoms with Gasteiger partial charge in [0, 0.05) is 6.20 Å². The minimum atomic E-state index is 0.128. The van der Waals surface area contributed by atoms with Gasteiger partial charge < -0.3 is 10.2 Å². The van der Waals surface area contributed by atoms with Crippen LogP contribution in [0.1, 0.15) is 11.7 Å². The quantitative estimate of drug-likeness (QED) is 0.662. The molecule has 1 aliphatic heterocycles. The Morgan fingerprint density at radius 2 is 2.50 bits per heavy atom. The molecule has 2 heterocycles. The molecule has 0 saturated heterocycles. The number of nitrogens with one attached hydrogen (secondary N) is 1. The first-order valence-electron chi connectivity index (χ1n) is 3.77. The summed E-state index contributed by atoms with van der Waals surface area (Å²) in [5, 5.41) is 6.65. The molecule has 0 bridgehead atoms. The smallest absolute Gasteiger partial charge is 0.143 e. The van der Waals surface area contributed by atoms with Crippen LogP contribution >= 0.6 is 0 Å². The number of aromatic nitrogens is 1. The van der Waals surface area contributed by atoms with Gasteiger partial charge >= 0.3 is 0 Å². The van der Waals surface area contributed by atoms with E-state index in [1.807, 2.05) is 18.2 Å². The molecule has 1 atom stereocenters. The van der Waals surface area contributed by atoms with Gasteiger partial charge in [0.1, 0.15) is 19.0 Å². The third-order valence-electron chi connectivity index (χ3n) is 1.69. The molecule has 1 aliphatic rings. The minimum absolute atomic E-state index is 0.128. The molecule has 0 spiro atoms. The van der Waals surface area contributed by atoms with Gasteiger partial charge in [-0.15, -0.1) is 0 Å². The van der Waals surface area contributed by atoms with Crippen molar-refractivity contribution in [3.8, 4) is 0 Å². The van der Waals surface area contributed by atoms with E-state index in [4.69, 9.17) is 4.84 Å². The van der Waals surface area contributed by atoms with E-state index >= 15 is 0 Å². The second-order valence-corrected chi connectivity index (χ2v) is 2.50. The van der Waals surface area contributed by atoms with Crippen molar-refractivity contribution in [2.24, 2.45) is 5.16 Å². The van der Waals surface area contributed by atoms with Crippen LogP contribution in [0.4, 0.5) is 0 Å². The zero-order valence-corrected chi connectivity index (χ0v) is 6.47. The molecule has 12 heavy (non-hydrogen) atoms. The Morgan fingerprint density at radius 1 is 1.50 bits per heavy atom. The molecule has 4 nitrogen and oxygen atoms in total. The van der Waals surface area contributed by atoms with Gasteiger partial charge in [-0.2, -0.15) is 0 Å². The highest BCUT2D eigenvalue weighted by molar-refractivity contribution is 5.54. The number of oxime groups is 1. The van der Waals surface area contributed by atoms with Crippen molar-refractivity contribution in [1.29, 1.82) is 0 Å². The Bertz CT molecular complexity index is 273. The standard InChI is InChI=1S/C8H9N3O/c1-2-4-9-7(3-1)8-5-12-11-6-10-8/h1-4,6,8H,5H2,(H,10,11). The van der Waals surface area contributed by atoms with Crippen molar-refractivity contribution < 1.29 is 4.84 Å². The Hall–Kier alpha value is -1.58. The second kappa shape index (κ2) is 3.21. The third-order valence-corrected chi connectivity index (χ3v) is 1.69. The third kappa shape index (κ3) is 1.37. The maximum atomic E-state index is 4.90. The van der Waals surface area contributed by atoms with Gasteiger partial charge in [0.15, 0.2) is 0 Å². The monoisotopic (exact) mass is 163 g/mol. The average Bonchev–Trinajstić information content (AvgIpc) is 2.21. The molecule has 1 aromatic rings. The molecule has 4 heteroatoms. The fraction of sp³-hybridized carbons (Fsp3) is 0.250. The predicted octanol–water partition coefficient (Wildman–Crippen LogP) is 0.686. The van der Waals surface area contributed by atoms with Crippen LogP contribution in [-0.4, -0.2) is 17.9 Å². The molecule has 0 fully saturated rings. The number of nitrogens with zero attached hydrogens (tertiary/aromatic N) is 2. The fourth-order valence-electron chi connectivity index (χ4n) is 1.08. The summed E-state index contributed by atoms with van der Waals surface area (Å²) in [5.41, 5.74) is 0.976. The first-order chi connectivity index (χ1) is 5.97. The van der Waals surface area contributed by atoms with Gasteiger partial charge in [-0.1, -0.05) is 11.2 Å². The summed E-state index contributed by atoms with van der Waals surface area (Å²) in [7, 11) is 0. The molecule has 1 N–H and O–H groups in total. The lowest BCUT2D eigenvalue weighted by atomic mass is 10.2. The van der Waals surface area contributed by atoms with Gasteiger partial charge in [0.25, 0.3) is 0 Å². The van der Waals surface area contributed by atoms with Crippen molar-refractivity contribution in [3.05, 3.63) is 30.1 Å². The van der Waals surface area contributed by atoms with Crippen LogP contribution in [0.15, 0.2) is 29.6 Å². The summed E-state index contributed by atoms with van der Waals surface area (Å²) in [6.45, 7) is 0.535. The van der Waals surface area contributed by atoms with E-state index < -0.39 is 0 Å². The van der Waals surface area contributed by atoms with Crippen LogP contribution in [-0.2, 0) is 4.84 Å². The molecule has 2 rings (SSSR count). The Labute approximate surface area is 70.3 Å². The zero-order valence-electron chi connectivity index (χ0n) is 6.47. The van der Waals surface area contributed by atoms with E-state index in [1.165, 1.54) is 0 Å². The topological polar surface area (TPSA) is 46.5 Å². The minimum Gasteiger partial charge on any atom is -0.392 e. The highest BCUT2D eigenvalue weighted by Crippen LogP contribution is 2.10. The highest BCUT2D eigenvalue weighted by Gasteiger charge is 2.13. The molecule has 1 aromatic heterocycles. The van der Waals surface area contributed by atoms with E-state index in [9.17, 15) is 0 Å². The van der Waals surface area contributed by atoms with Gasteiger partial charge in [0.2, 0.25) is 0 Å². The van der Waals surface area contributed by atoms with Crippen molar-refractivity contribution in [2.75, 3.05) is 6.61 Å². The Morgan fingerprint density at radius 3 is 3.17 bits per heavy atom. The number of pyridine rings is 1. The Kier molecular flexibility index (Phi) is 1.90. The molecular weight excluding hydrogens is 154 g/mol. The number of rotatable bonds is 1. The van der Waals surface area contributed by atoms with Gasteiger partial charge in [-0.05, 0) is 12.1 Å². The van der Waals surface area contributed by atoms with Crippen LogP contribution in [0.5, 0.6) is 0 Å². The van der Waals surface area contributed by atoms with Gasteiger partial charge in [0.05, 0.1) is 5.69 Å². The van der Waals surface area contributed by atoms with Crippen molar-refractivity contribution >= 4 is 6.34 Å². The zero-order chi connectivity index (χ0) is 8.23. The van der Waals surface area contributed by atoms with Crippen LogP contribution in [0, 0.1) is 0 Å². The van der Waals surface area contributed by atoms with Crippen molar-refractivity contribution in [1.82, 2.24) is 10.3 Å². The first kappa shape index (κ1) is 7.09. The van der Waals surface area contributed by atoms with Crippen LogP contribution in [0.25, 0.3) is 0 Å². The summed E-state index contributed by atoms with van der Waals surface area (Å²) in [6, 6.07) is 5.93. The summed E-state index contributed by atoms with van der Waals surface area (Å²) < 4.78 is 0. The van der Waals surface area contributed by atoms with Gasteiger partial charge in [-0.3, -0.25) is 4.98 Å². The van der Waals surface area contributed by atoms with E-state index in [1.54, 1.807) is 12.5 Å². The van der Waals surface area contributed by atoms with Crippen LogP contribution < -0.4 is 5.32 Å². The summed E-state index contributed by atoms with van der Waals surface area (Å²) in [4.78, 5) is 9.10. The number of hydrogen-bond acceptors (Lipinski definition) is 4. The van der Waals surface area contributed by atoms with E-state index in [2.05, 4.69) is 15.5 Å². The summed E-state index contributed by atoms with van der Waals surface area (Å²) in [6.07, 6.45) is 3.31. The molecule has 1 unspecified atom stereocenters. The lowest BCUT2D eigenvalue weighted by Gasteiger charge is -2.17. The lowest BCUT2D eigenvalue weighted by Crippen LogP contribution is -2.28. The van der Waals surface area contributed by atoms with Crippen LogP contribution in [0.3, 0.4) is 0 Å². The average molecular weight is 163 g/mol. The fourth-order valence-corrected chi connectivity index (χ4v) is 1.08. The lowest BCUT2D eigenvalue weighted by molar-refractivity contribution is 0.111. The largest absolute Gasteiger partial charge is 0.392 e. The maximum absolute atomic E-state index is 4.90. The summed E-state index contributed by atoms with van der Waals surface area (Å²) >= 11 is 0. The Balaban J connectivity index is 2.15. The highest BCUT2D eigenvalue weighted by atomic mass is 16.6. The molecular formula is C8H9N3O. The first-order valence-corrected chi connectivity index (χ1v) is 3.77. The van der Waals surface area contributed by atoms with Crippen LogP contribution in [0.2, 0.25) is 0 Å². The predicted molar refractivity (Wildman–Crippen MR) is 44.6 cm³/mol. The van der Waals surface area contributed by atoms with E-state index in [-0.39, 0.29) is 6.04 Å². The SMILES string of the molecule is C1=NOCC(c2ccccn2)N1. The van der Waals surface area contributed by atoms with E-state index in [0.29, 0.717) is 6.61 Å². The van der Waals surface area contributed by atoms with E-state index in [0.717, 1.165) is 5.69 Å². The second-order valence-electron chi connectivity index (χ2n) is 2.50. The molecule has 0 radical (unpaired) electrons. The number of hydrogen-bond donors (Lipinski definition) is 1. The molecule has 0 saturated carbocycles. The van der Waals surface area contributed by atoms with Crippen molar-refractivity contribution in [2.45, 2.75) is 6.04 Å². The molecule has 0 amide bonds. The molecule has 62 valence electrons. The maximum Gasteiger partial charge on any atom is 0.143 e. The van der Waals surface area contributed by atoms with Crippen molar-refractivity contribution in [3.63, 3.8) is 0 Å². The van der Waals surface area contributed by atoms with Gasteiger partial charge in [-0.25, -0.2) is 0 Å². The summed E-state index contributed by atoms with van der Waals surface area (Å²) in [5.74, 6) is 0. The normalized spacial score (nSPS) is 21.2.